The summed E-state index contributed by atoms with van der Waals surface area (Å²) >= 11 is 1.33. The summed E-state index contributed by atoms with van der Waals surface area (Å²) in [6.07, 6.45) is 0.845. The van der Waals surface area contributed by atoms with Crippen LogP contribution in [0.25, 0.3) is 11.0 Å². The van der Waals surface area contributed by atoms with Crippen molar-refractivity contribution < 1.29 is 18.7 Å². The van der Waals surface area contributed by atoms with Crippen molar-refractivity contribution in [2.75, 3.05) is 11.9 Å². The molecule has 0 fully saturated rings. The summed E-state index contributed by atoms with van der Waals surface area (Å²) in [5.41, 5.74) is 1.06. The number of rotatable bonds is 5. The summed E-state index contributed by atoms with van der Waals surface area (Å²) < 4.78 is 10.8. The number of hydrogen-bond acceptors (Lipinski definition) is 6. The SMILES string of the molecule is CCOC(=O)Nc1ccc2c(CSc3cccc[n+]3[O-])cc(=O)oc2c1. The molecule has 0 saturated carbocycles. The summed E-state index contributed by atoms with van der Waals surface area (Å²) in [4.78, 5) is 23.4. The molecule has 3 aromatic rings. The van der Waals surface area contributed by atoms with Crippen molar-refractivity contribution in [2.24, 2.45) is 0 Å². The van der Waals surface area contributed by atoms with Gasteiger partial charge in [-0.05, 0) is 30.7 Å². The van der Waals surface area contributed by atoms with Crippen molar-refractivity contribution in [1.82, 2.24) is 0 Å². The van der Waals surface area contributed by atoms with Crippen LogP contribution in [0.5, 0.6) is 0 Å². The van der Waals surface area contributed by atoms with Crippen molar-refractivity contribution in [3.63, 3.8) is 0 Å². The van der Waals surface area contributed by atoms with Crippen LogP contribution in [0, 0.1) is 5.21 Å². The molecule has 1 N–H and O–H groups in total. The predicted octanol–water partition coefficient (Wildman–Crippen LogP) is 3.29. The minimum Gasteiger partial charge on any atom is -0.618 e. The summed E-state index contributed by atoms with van der Waals surface area (Å²) in [6.45, 7) is 1.97. The van der Waals surface area contributed by atoms with E-state index in [-0.39, 0.29) is 6.61 Å². The van der Waals surface area contributed by atoms with Crippen LogP contribution in [0.15, 0.2) is 62.9 Å². The molecule has 0 spiro atoms. The number of pyridine rings is 1. The zero-order valence-electron chi connectivity index (χ0n) is 13.9. The highest BCUT2D eigenvalue weighted by molar-refractivity contribution is 7.98. The van der Waals surface area contributed by atoms with Gasteiger partial charge in [-0.3, -0.25) is 5.32 Å². The highest BCUT2D eigenvalue weighted by Gasteiger charge is 2.11. The Morgan fingerprint density at radius 1 is 1.31 bits per heavy atom. The maximum atomic E-state index is 11.9. The molecule has 0 atom stereocenters. The van der Waals surface area contributed by atoms with E-state index in [1.807, 2.05) is 0 Å². The molecule has 8 heteroatoms. The van der Waals surface area contributed by atoms with Crippen molar-refractivity contribution in [1.29, 1.82) is 0 Å². The van der Waals surface area contributed by atoms with Gasteiger partial charge >= 0.3 is 11.7 Å². The average molecular weight is 372 g/mol. The van der Waals surface area contributed by atoms with Gasteiger partial charge in [-0.25, -0.2) is 9.59 Å². The Bertz CT molecular complexity index is 1000. The summed E-state index contributed by atoms with van der Waals surface area (Å²) in [6, 6.07) is 11.6. The number of nitrogens with zero attached hydrogens (tertiary/aromatic N) is 1. The monoisotopic (exact) mass is 372 g/mol. The van der Waals surface area contributed by atoms with Gasteiger partial charge in [0.1, 0.15) is 5.58 Å². The Kier molecular flexibility index (Phi) is 5.43. The molecule has 1 amide bonds. The molecule has 0 saturated heterocycles. The highest BCUT2D eigenvalue weighted by atomic mass is 32.2. The molecule has 26 heavy (non-hydrogen) atoms. The van der Waals surface area contributed by atoms with Gasteiger partial charge in [0.2, 0.25) is 0 Å². The van der Waals surface area contributed by atoms with Gasteiger partial charge in [-0.15, -0.1) is 0 Å². The van der Waals surface area contributed by atoms with Crippen LogP contribution in [-0.4, -0.2) is 12.7 Å². The van der Waals surface area contributed by atoms with Gasteiger partial charge in [0.15, 0.2) is 6.20 Å². The van der Waals surface area contributed by atoms with Gasteiger partial charge < -0.3 is 14.4 Å². The fourth-order valence-corrected chi connectivity index (χ4v) is 3.29. The van der Waals surface area contributed by atoms with Crippen LogP contribution in [0.4, 0.5) is 10.5 Å². The number of amides is 1. The quantitative estimate of drug-likeness (QED) is 0.320. The second kappa shape index (κ2) is 7.92. The lowest BCUT2D eigenvalue weighted by Gasteiger charge is -2.08. The number of anilines is 1. The van der Waals surface area contributed by atoms with E-state index >= 15 is 0 Å². The lowest BCUT2D eigenvalue weighted by molar-refractivity contribution is -0.645. The number of fused-ring (bicyclic) bond motifs is 1. The van der Waals surface area contributed by atoms with E-state index in [2.05, 4.69) is 5.32 Å². The topological polar surface area (TPSA) is 95.5 Å². The van der Waals surface area contributed by atoms with E-state index in [0.717, 1.165) is 15.7 Å². The van der Waals surface area contributed by atoms with E-state index in [1.54, 1.807) is 43.3 Å². The molecule has 3 rings (SSSR count). The number of carbonyl (C=O) groups is 1. The lowest BCUT2D eigenvalue weighted by Crippen LogP contribution is -2.27. The van der Waals surface area contributed by atoms with Crippen LogP contribution in [0.3, 0.4) is 0 Å². The second-order valence-corrected chi connectivity index (χ2v) is 6.30. The number of nitrogens with one attached hydrogen (secondary N) is 1. The van der Waals surface area contributed by atoms with Crippen LogP contribution >= 0.6 is 11.8 Å². The summed E-state index contributed by atoms with van der Waals surface area (Å²) in [7, 11) is 0. The maximum absolute atomic E-state index is 11.9. The first-order chi connectivity index (χ1) is 12.6. The van der Waals surface area contributed by atoms with Gasteiger partial charge in [0.25, 0.3) is 5.03 Å². The van der Waals surface area contributed by atoms with Crippen molar-refractivity contribution in [3.8, 4) is 0 Å². The third kappa shape index (κ3) is 4.15. The molecule has 2 heterocycles. The first-order valence-corrected chi connectivity index (χ1v) is 8.87. The standard InChI is InChI=1S/C18H16N2O5S/c1-2-24-18(22)19-13-6-7-14-12(9-17(21)25-15(14)10-13)11-26-16-5-3-4-8-20(16)23/h3-10H,2,11H2,1H3,(H,19,22). The van der Waals surface area contributed by atoms with Crippen molar-refractivity contribution in [3.05, 3.63) is 69.9 Å². The number of aromatic nitrogens is 1. The molecule has 0 radical (unpaired) electrons. The van der Waals surface area contributed by atoms with E-state index in [9.17, 15) is 14.8 Å². The van der Waals surface area contributed by atoms with Gasteiger partial charge in [-0.1, -0.05) is 11.8 Å². The fourth-order valence-electron chi connectivity index (χ4n) is 2.39. The molecule has 0 aliphatic carbocycles. The predicted molar refractivity (Wildman–Crippen MR) is 98.1 cm³/mol. The molecule has 1 aromatic carbocycles. The minimum atomic E-state index is -0.579. The average Bonchev–Trinajstić information content (AvgIpc) is 2.60. The molecule has 7 nitrogen and oxygen atoms in total. The first kappa shape index (κ1) is 17.8. The van der Waals surface area contributed by atoms with Crippen LogP contribution in [0.1, 0.15) is 12.5 Å². The number of hydrogen-bond donors (Lipinski definition) is 1. The van der Waals surface area contributed by atoms with E-state index < -0.39 is 11.7 Å². The fraction of sp³-hybridized carbons (Fsp3) is 0.167. The lowest BCUT2D eigenvalue weighted by atomic mass is 10.1. The summed E-state index contributed by atoms with van der Waals surface area (Å²) in [5.74, 6) is 0.430. The number of benzene rings is 1. The zero-order valence-corrected chi connectivity index (χ0v) is 14.7. The Morgan fingerprint density at radius 2 is 2.15 bits per heavy atom. The molecule has 134 valence electrons. The van der Waals surface area contributed by atoms with Crippen LogP contribution < -0.4 is 15.7 Å². The Labute approximate surface area is 153 Å². The summed E-state index contributed by atoms with van der Waals surface area (Å²) in [5, 5.41) is 15.6. The van der Waals surface area contributed by atoms with E-state index in [4.69, 9.17) is 9.15 Å². The minimum absolute atomic E-state index is 0.259. The first-order valence-electron chi connectivity index (χ1n) is 7.88. The molecule has 0 bridgehead atoms. The largest absolute Gasteiger partial charge is 0.618 e. The normalized spacial score (nSPS) is 10.7. The molecular weight excluding hydrogens is 356 g/mol. The molecule has 0 aliphatic rings. The van der Waals surface area contributed by atoms with E-state index in [1.165, 1.54) is 24.0 Å². The highest BCUT2D eigenvalue weighted by Crippen LogP contribution is 2.26. The van der Waals surface area contributed by atoms with Gasteiger partial charge in [0.05, 0.1) is 6.61 Å². The molecule has 0 unspecified atom stereocenters. The number of thioether (sulfide) groups is 1. The zero-order chi connectivity index (χ0) is 18.5. The molecule has 0 aliphatic heterocycles. The molecular formula is C18H16N2O5S. The van der Waals surface area contributed by atoms with Crippen LogP contribution in [0.2, 0.25) is 0 Å². The van der Waals surface area contributed by atoms with Crippen LogP contribution in [-0.2, 0) is 10.5 Å². The maximum Gasteiger partial charge on any atom is 0.411 e. The van der Waals surface area contributed by atoms with Crippen molar-refractivity contribution >= 4 is 34.5 Å². The van der Waals surface area contributed by atoms with Gasteiger partial charge in [-0.2, -0.15) is 4.73 Å². The Balaban J connectivity index is 1.87. The van der Waals surface area contributed by atoms with E-state index in [0.29, 0.717) is 22.0 Å². The number of carbonyl (C=O) groups excluding carboxylic acids is 1. The smallest absolute Gasteiger partial charge is 0.411 e. The Hall–Kier alpha value is -3.00. The number of ether oxygens (including phenoxy) is 1. The molecule has 2 aromatic heterocycles. The Morgan fingerprint density at radius 3 is 2.92 bits per heavy atom. The second-order valence-electron chi connectivity index (χ2n) is 5.30. The third-order valence-corrected chi connectivity index (χ3v) is 4.58. The third-order valence-electron chi connectivity index (χ3n) is 3.52. The van der Waals surface area contributed by atoms with Gasteiger partial charge in [0, 0.05) is 41.1 Å². The van der Waals surface area contributed by atoms with Crippen molar-refractivity contribution in [2.45, 2.75) is 17.7 Å².